The molecule has 4 heterocycles. The minimum absolute atomic E-state index is 0.258. The topological polar surface area (TPSA) is 40.2 Å². The normalized spacial score (nSPS) is 21.6. The summed E-state index contributed by atoms with van der Waals surface area (Å²) in [6, 6.07) is 13.3. The first-order valence-corrected chi connectivity index (χ1v) is 10.6. The lowest BCUT2D eigenvalue weighted by Gasteiger charge is -2.49. The summed E-state index contributed by atoms with van der Waals surface area (Å²) < 4.78 is 40.0. The zero-order valence-corrected chi connectivity index (χ0v) is 17.5. The van der Waals surface area contributed by atoms with Crippen LogP contribution in [0.15, 0.2) is 48.7 Å². The summed E-state index contributed by atoms with van der Waals surface area (Å²) in [5, 5.41) is 7.95. The van der Waals surface area contributed by atoms with Crippen molar-refractivity contribution < 1.29 is 13.2 Å². The van der Waals surface area contributed by atoms with Crippen LogP contribution in [-0.4, -0.2) is 30.2 Å². The molecule has 0 aliphatic carbocycles. The molecule has 2 unspecified atom stereocenters. The molecular formula is C24H25F3N4. The van der Waals surface area contributed by atoms with Gasteiger partial charge in [0.15, 0.2) is 0 Å². The molecule has 0 amide bonds. The molecule has 3 atom stereocenters. The van der Waals surface area contributed by atoms with Crippen molar-refractivity contribution in [2.24, 2.45) is 0 Å². The molecule has 2 aromatic carbocycles. The van der Waals surface area contributed by atoms with E-state index in [0.29, 0.717) is 17.6 Å². The van der Waals surface area contributed by atoms with Gasteiger partial charge in [-0.15, -0.1) is 0 Å². The van der Waals surface area contributed by atoms with Crippen molar-refractivity contribution in [3.63, 3.8) is 0 Å². The molecule has 0 saturated carbocycles. The van der Waals surface area contributed by atoms with Crippen LogP contribution in [0.4, 0.5) is 24.5 Å². The maximum atomic E-state index is 13.3. The van der Waals surface area contributed by atoms with Crippen LogP contribution in [0.25, 0.3) is 10.9 Å². The van der Waals surface area contributed by atoms with Gasteiger partial charge in [-0.25, -0.2) is 0 Å². The van der Waals surface area contributed by atoms with Crippen molar-refractivity contribution in [3.8, 4) is 0 Å². The van der Waals surface area contributed by atoms with E-state index in [-0.39, 0.29) is 11.6 Å². The molecule has 0 spiro atoms. The summed E-state index contributed by atoms with van der Waals surface area (Å²) >= 11 is 0. The highest BCUT2D eigenvalue weighted by Crippen LogP contribution is 2.36. The highest BCUT2D eigenvalue weighted by Gasteiger charge is 2.36. The maximum absolute atomic E-state index is 13.3. The van der Waals surface area contributed by atoms with E-state index in [9.17, 15) is 13.2 Å². The summed E-state index contributed by atoms with van der Waals surface area (Å²) in [4.78, 5) is 6.87. The molecule has 3 fully saturated rings. The van der Waals surface area contributed by atoms with Crippen molar-refractivity contribution in [1.82, 2.24) is 10.3 Å². The Labute approximate surface area is 179 Å². The van der Waals surface area contributed by atoms with Crippen LogP contribution < -0.4 is 15.5 Å². The van der Waals surface area contributed by atoms with E-state index in [1.165, 1.54) is 19.4 Å². The van der Waals surface area contributed by atoms with Gasteiger partial charge in [0.2, 0.25) is 0 Å². The number of hydrogen-bond acceptors (Lipinski definition) is 4. The lowest BCUT2D eigenvalue weighted by Crippen LogP contribution is -2.67. The van der Waals surface area contributed by atoms with E-state index in [2.05, 4.69) is 32.7 Å². The molecule has 3 aliphatic heterocycles. The number of piperazine rings is 1. The molecule has 3 aliphatic rings. The fourth-order valence-corrected chi connectivity index (χ4v) is 4.92. The molecule has 2 bridgehead atoms. The highest BCUT2D eigenvalue weighted by molar-refractivity contribution is 5.93. The quantitative estimate of drug-likeness (QED) is 0.595. The van der Waals surface area contributed by atoms with Gasteiger partial charge in [0, 0.05) is 54.2 Å². The Morgan fingerprint density at radius 1 is 1.13 bits per heavy atom. The van der Waals surface area contributed by atoms with Crippen molar-refractivity contribution in [2.75, 3.05) is 23.3 Å². The van der Waals surface area contributed by atoms with Crippen LogP contribution in [0.5, 0.6) is 0 Å². The van der Waals surface area contributed by atoms with Gasteiger partial charge in [0.05, 0.1) is 11.1 Å². The Bertz CT molecular complexity index is 1110. The number of halogens is 3. The van der Waals surface area contributed by atoms with E-state index < -0.39 is 11.7 Å². The number of rotatable bonds is 4. The number of benzene rings is 2. The molecule has 2 N–H and O–H groups in total. The summed E-state index contributed by atoms with van der Waals surface area (Å²) in [6.45, 7) is 5.41. The molecule has 0 radical (unpaired) electrons. The second kappa shape index (κ2) is 7.41. The first-order valence-electron chi connectivity index (χ1n) is 10.6. The number of nitrogens with zero attached hydrogens (tertiary/aromatic N) is 2. The van der Waals surface area contributed by atoms with Gasteiger partial charge in [-0.1, -0.05) is 12.1 Å². The Kier molecular flexibility index (Phi) is 4.81. The Morgan fingerprint density at radius 2 is 1.87 bits per heavy atom. The smallest absolute Gasteiger partial charge is 0.378 e. The SMILES string of the molecule is Cc1c([C@@H](C)Nc2ccnc3ccc(N4CC5CC(C4)N5)cc23)cccc1C(F)(F)F. The molecule has 7 heteroatoms. The third-order valence-corrected chi connectivity index (χ3v) is 6.53. The summed E-state index contributed by atoms with van der Waals surface area (Å²) in [5.74, 6) is 0. The number of anilines is 2. The van der Waals surface area contributed by atoms with E-state index in [1.807, 2.05) is 19.1 Å². The lowest BCUT2D eigenvalue weighted by atomic mass is 9.91. The van der Waals surface area contributed by atoms with Crippen LogP contribution in [-0.2, 0) is 6.18 Å². The van der Waals surface area contributed by atoms with Gasteiger partial charge in [-0.3, -0.25) is 4.98 Å². The first kappa shape index (κ1) is 20.1. The molecule has 31 heavy (non-hydrogen) atoms. The van der Waals surface area contributed by atoms with Gasteiger partial charge < -0.3 is 15.5 Å². The van der Waals surface area contributed by atoms with Crippen molar-refractivity contribution >= 4 is 22.3 Å². The number of alkyl halides is 3. The summed E-state index contributed by atoms with van der Waals surface area (Å²) in [6.07, 6.45) is -1.38. The van der Waals surface area contributed by atoms with Crippen LogP contribution >= 0.6 is 0 Å². The van der Waals surface area contributed by atoms with Gasteiger partial charge in [0.1, 0.15) is 0 Å². The van der Waals surface area contributed by atoms with Gasteiger partial charge in [-0.05, 0) is 61.7 Å². The van der Waals surface area contributed by atoms with Crippen LogP contribution in [0, 0.1) is 6.92 Å². The zero-order chi connectivity index (χ0) is 21.8. The van der Waals surface area contributed by atoms with Crippen molar-refractivity contribution in [3.05, 3.63) is 65.4 Å². The van der Waals surface area contributed by atoms with Crippen LogP contribution in [0.2, 0.25) is 0 Å². The number of pyridine rings is 1. The van der Waals surface area contributed by atoms with Crippen molar-refractivity contribution in [1.29, 1.82) is 0 Å². The third kappa shape index (κ3) is 3.71. The molecule has 1 aromatic heterocycles. The van der Waals surface area contributed by atoms with E-state index >= 15 is 0 Å². The molecule has 3 saturated heterocycles. The first-order chi connectivity index (χ1) is 14.8. The average Bonchev–Trinajstić information content (AvgIpc) is 2.72. The minimum atomic E-state index is -4.36. The largest absolute Gasteiger partial charge is 0.416 e. The number of hydrogen-bond donors (Lipinski definition) is 2. The van der Waals surface area contributed by atoms with Crippen LogP contribution in [0.1, 0.15) is 36.1 Å². The number of aromatic nitrogens is 1. The molecular weight excluding hydrogens is 401 g/mol. The molecule has 6 rings (SSSR count). The molecule has 3 aromatic rings. The van der Waals surface area contributed by atoms with Gasteiger partial charge in [-0.2, -0.15) is 13.2 Å². The highest BCUT2D eigenvalue weighted by atomic mass is 19.4. The Hall–Kier alpha value is -2.80. The second-order valence-electron chi connectivity index (χ2n) is 8.64. The molecule has 4 nitrogen and oxygen atoms in total. The fourth-order valence-electron chi connectivity index (χ4n) is 4.92. The summed E-state index contributed by atoms with van der Waals surface area (Å²) in [7, 11) is 0. The predicted octanol–water partition coefficient (Wildman–Crippen LogP) is 5.29. The fraction of sp³-hybridized carbons (Fsp3) is 0.375. The Morgan fingerprint density at radius 3 is 2.58 bits per heavy atom. The number of fused-ring (bicyclic) bond motifs is 3. The van der Waals surface area contributed by atoms with E-state index in [0.717, 1.165) is 41.4 Å². The van der Waals surface area contributed by atoms with Crippen molar-refractivity contribution in [2.45, 2.75) is 44.6 Å². The monoisotopic (exact) mass is 426 g/mol. The predicted molar refractivity (Wildman–Crippen MR) is 118 cm³/mol. The Balaban J connectivity index is 1.46. The second-order valence-corrected chi connectivity index (χ2v) is 8.64. The number of nitrogens with one attached hydrogen (secondary N) is 2. The lowest BCUT2D eigenvalue weighted by molar-refractivity contribution is -0.138. The zero-order valence-electron chi connectivity index (χ0n) is 17.5. The molecule has 162 valence electrons. The van der Waals surface area contributed by atoms with E-state index in [1.54, 1.807) is 12.3 Å². The standard InChI is InChI=1S/C24H25F3N4/c1-14-19(4-3-5-21(14)24(25,26)27)15(2)29-23-8-9-28-22-7-6-18(11-20(22)23)31-12-16-10-17(13-31)30-16/h3-9,11,15-17,30H,10,12-13H2,1-2H3,(H,28,29)/t15-,16?,17?/m1/s1. The van der Waals surface area contributed by atoms with Gasteiger partial charge >= 0.3 is 6.18 Å². The van der Waals surface area contributed by atoms with E-state index in [4.69, 9.17) is 0 Å². The van der Waals surface area contributed by atoms with Crippen LogP contribution in [0.3, 0.4) is 0 Å². The number of piperidine rings is 1. The minimum Gasteiger partial charge on any atom is -0.378 e. The average molecular weight is 426 g/mol. The van der Waals surface area contributed by atoms with Gasteiger partial charge in [0.25, 0.3) is 0 Å². The maximum Gasteiger partial charge on any atom is 0.416 e. The summed E-state index contributed by atoms with van der Waals surface area (Å²) in [5.41, 5.74) is 3.20. The third-order valence-electron chi connectivity index (χ3n) is 6.53.